The van der Waals surface area contributed by atoms with Gasteiger partial charge in [-0.2, -0.15) is 0 Å². The number of rotatable bonds is 5. The van der Waals surface area contributed by atoms with Gasteiger partial charge in [0.05, 0.1) is 5.69 Å². The molecular weight excluding hydrogens is 336 g/mol. The first kappa shape index (κ1) is 16.9. The van der Waals surface area contributed by atoms with Crippen LogP contribution in [0.4, 0.5) is 0 Å². The van der Waals surface area contributed by atoms with Gasteiger partial charge in [-0.05, 0) is 6.92 Å². The number of carbonyl (C=O) groups excluding carboxylic acids is 2. The van der Waals surface area contributed by atoms with Crippen LogP contribution in [0.15, 0.2) is 60.7 Å². The molecule has 0 radical (unpaired) electrons. The van der Waals surface area contributed by atoms with Crippen LogP contribution in [0.5, 0.6) is 0 Å². The Morgan fingerprint density at radius 2 is 1.64 bits per heavy atom. The monoisotopic (exact) mass is 352 g/mol. The largest absolute Gasteiger partial charge is 0.443 e. The average Bonchev–Trinajstić information content (AvgIpc) is 3.02. The van der Waals surface area contributed by atoms with Crippen LogP contribution in [0.3, 0.4) is 0 Å². The van der Waals surface area contributed by atoms with Crippen LogP contribution >= 0.6 is 11.3 Å². The van der Waals surface area contributed by atoms with E-state index in [1.807, 2.05) is 36.4 Å². The number of aryl methyl sites for hydroxylation is 1. The van der Waals surface area contributed by atoms with Gasteiger partial charge in [0, 0.05) is 11.1 Å². The Bertz CT molecular complexity index is 892. The Kier molecular flexibility index (Phi) is 4.90. The van der Waals surface area contributed by atoms with Crippen LogP contribution in [0.1, 0.15) is 27.0 Å². The number of carbonyl (C=O) groups is 2. The molecule has 0 spiro atoms. The predicted octanol–water partition coefficient (Wildman–Crippen LogP) is 3.50. The second-order valence-corrected chi connectivity index (χ2v) is 6.40. The number of amides is 1. The summed E-state index contributed by atoms with van der Waals surface area (Å²) in [4.78, 5) is 29.0. The van der Waals surface area contributed by atoms with Gasteiger partial charge in [0.1, 0.15) is 9.88 Å². The van der Waals surface area contributed by atoms with Crippen LogP contribution in [0.2, 0.25) is 0 Å². The minimum atomic E-state index is -1.13. The van der Waals surface area contributed by atoms with E-state index >= 15 is 0 Å². The Hall–Kier alpha value is -2.99. The summed E-state index contributed by atoms with van der Waals surface area (Å²) in [5.74, 6) is -1.32. The maximum absolute atomic E-state index is 12.5. The van der Waals surface area contributed by atoms with Crippen molar-refractivity contribution in [2.24, 2.45) is 5.73 Å². The average molecular weight is 352 g/mol. The molecule has 1 heterocycles. The first-order chi connectivity index (χ1) is 12.1. The number of benzene rings is 2. The molecular formula is C19H16N2O3S. The summed E-state index contributed by atoms with van der Waals surface area (Å²) in [6.07, 6.45) is -1.13. The summed E-state index contributed by atoms with van der Waals surface area (Å²) in [6.45, 7) is 1.74. The van der Waals surface area contributed by atoms with E-state index in [0.29, 0.717) is 16.1 Å². The predicted molar refractivity (Wildman–Crippen MR) is 96.1 cm³/mol. The third-order valence-corrected chi connectivity index (χ3v) is 4.77. The van der Waals surface area contributed by atoms with E-state index < -0.39 is 18.0 Å². The van der Waals surface area contributed by atoms with Crippen LogP contribution in [0.25, 0.3) is 10.6 Å². The number of ether oxygens (including phenoxy) is 1. The zero-order valence-electron chi connectivity index (χ0n) is 13.5. The first-order valence-corrected chi connectivity index (χ1v) is 8.46. The minimum absolute atomic E-state index is 0.362. The van der Waals surface area contributed by atoms with E-state index in [-0.39, 0.29) is 0 Å². The zero-order valence-corrected chi connectivity index (χ0v) is 14.3. The molecule has 126 valence electrons. The lowest BCUT2D eigenvalue weighted by Crippen LogP contribution is -2.26. The maximum Gasteiger partial charge on any atom is 0.351 e. The van der Waals surface area contributed by atoms with Crippen molar-refractivity contribution >= 4 is 23.2 Å². The zero-order chi connectivity index (χ0) is 17.8. The van der Waals surface area contributed by atoms with Crippen molar-refractivity contribution in [1.29, 1.82) is 0 Å². The quantitative estimate of drug-likeness (QED) is 0.713. The summed E-state index contributed by atoms with van der Waals surface area (Å²) < 4.78 is 5.37. The molecule has 2 aromatic carbocycles. The summed E-state index contributed by atoms with van der Waals surface area (Å²) in [7, 11) is 0. The van der Waals surface area contributed by atoms with Crippen molar-refractivity contribution in [2.75, 3.05) is 0 Å². The fourth-order valence-corrected chi connectivity index (χ4v) is 3.32. The van der Waals surface area contributed by atoms with Crippen molar-refractivity contribution < 1.29 is 14.3 Å². The van der Waals surface area contributed by atoms with Crippen LogP contribution < -0.4 is 5.73 Å². The van der Waals surface area contributed by atoms with Gasteiger partial charge in [-0.25, -0.2) is 9.78 Å². The number of nitrogens with zero attached hydrogens (tertiary/aromatic N) is 1. The maximum atomic E-state index is 12.5. The number of nitrogens with two attached hydrogens (primary N) is 1. The summed E-state index contributed by atoms with van der Waals surface area (Å²) in [5.41, 5.74) is 7.42. The molecule has 0 fully saturated rings. The van der Waals surface area contributed by atoms with E-state index in [4.69, 9.17) is 10.5 Å². The molecule has 1 amide bonds. The normalized spacial score (nSPS) is 11.7. The molecule has 0 saturated heterocycles. The van der Waals surface area contributed by atoms with Crippen LogP contribution in [0, 0.1) is 6.92 Å². The van der Waals surface area contributed by atoms with Crippen molar-refractivity contribution in [3.63, 3.8) is 0 Å². The molecule has 3 rings (SSSR count). The Labute approximate surface area is 149 Å². The van der Waals surface area contributed by atoms with Gasteiger partial charge in [-0.3, -0.25) is 4.79 Å². The molecule has 0 bridgehead atoms. The fourth-order valence-electron chi connectivity index (χ4n) is 2.37. The highest BCUT2D eigenvalue weighted by Crippen LogP contribution is 2.29. The van der Waals surface area contributed by atoms with Gasteiger partial charge in [0.2, 0.25) is 6.10 Å². The van der Waals surface area contributed by atoms with Crippen molar-refractivity contribution in [1.82, 2.24) is 4.98 Å². The standard InChI is InChI=1S/C19H16N2O3S/c1-12-16(25-18(21-12)14-10-6-3-7-11-14)19(23)24-15(17(20)22)13-8-4-2-5-9-13/h2-11,15H,1H3,(H2,20,22)/t15-/m0/s1. The molecule has 1 aromatic heterocycles. The van der Waals surface area contributed by atoms with Crippen molar-refractivity contribution in [3.05, 3.63) is 76.8 Å². The number of primary amides is 1. The number of hydrogen-bond donors (Lipinski definition) is 1. The molecule has 0 aliphatic carbocycles. The molecule has 5 nitrogen and oxygen atoms in total. The summed E-state index contributed by atoms with van der Waals surface area (Å²) >= 11 is 1.23. The molecule has 3 aromatic rings. The van der Waals surface area contributed by atoms with Gasteiger partial charge >= 0.3 is 5.97 Å². The minimum Gasteiger partial charge on any atom is -0.443 e. The molecule has 0 aliphatic rings. The summed E-state index contributed by atoms with van der Waals surface area (Å²) in [6, 6.07) is 18.3. The first-order valence-electron chi connectivity index (χ1n) is 7.64. The van der Waals surface area contributed by atoms with Crippen molar-refractivity contribution in [2.45, 2.75) is 13.0 Å². The van der Waals surface area contributed by atoms with Gasteiger partial charge in [0.15, 0.2) is 0 Å². The lowest BCUT2D eigenvalue weighted by Gasteiger charge is -2.14. The molecule has 0 aliphatic heterocycles. The highest BCUT2D eigenvalue weighted by Gasteiger charge is 2.26. The highest BCUT2D eigenvalue weighted by atomic mass is 32.1. The number of esters is 1. The van der Waals surface area contributed by atoms with E-state index in [0.717, 1.165) is 10.6 Å². The molecule has 0 unspecified atom stereocenters. The Balaban J connectivity index is 1.86. The van der Waals surface area contributed by atoms with Crippen LogP contribution in [-0.4, -0.2) is 16.9 Å². The van der Waals surface area contributed by atoms with E-state index in [2.05, 4.69) is 4.98 Å². The highest BCUT2D eigenvalue weighted by molar-refractivity contribution is 7.17. The molecule has 2 N–H and O–H groups in total. The third kappa shape index (κ3) is 3.75. The number of aromatic nitrogens is 1. The van der Waals surface area contributed by atoms with Gasteiger partial charge in [0.25, 0.3) is 5.91 Å². The SMILES string of the molecule is Cc1nc(-c2ccccc2)sc1C(=O)O[C@H](C(N)=O)c1ccccc1. The second kappa shape index (κ2) is 7.27. The van der Waals surface area contributed by atoms with Gasteiger partial charge < -0.3 is 10.5 Å². The van der Waals surface area contributed by atoms with E-state index in [9.17, 15) is 9.59 Å². The number of thiazole rings is 1. The lowest BCUT2D eigenvalue weighted by molar-refractivity contribution is -0.127. The second-order valence-electron chi connectivity index (χ2n) is 5.40. The molecule has 25 heavy (non-hydrogen) atoms. The smallest absolute Gasteiger partial charge is 0.351 e. The Morgan fingerprint density at radius 3 is 2.24 bits per heavy atom. The van der Waals surface area contributed by atoms with Crippen LogP contribution in [-0.2, 0) is 9.53 Å². The van der Waals surface area contributed by atoms with E-state index in [1.165, 1.54) is 11.3 Å². The van der Waals surface area contributed by atoms with Crippen molar-refractivity contribution in [3.8, 4) is 10.6 Å². The van der Waals surface area contributed by atoms with Gasteiger partial charge in [-0.15, -0.1) is 11.3 Å². The lowest BCUT2D eigenvalue weighted by atomic mass is 10.1. The topological polar surface area (TPSA) is 82.3 Å². The number of hydrogen-bond acceptors (Lipinski definition) is 5. The van der Waals surface area contributed by atoms with Gasteiger partial charge in [-0.1, -0.05) is 60.7 Å². The molecule has 0 saturated carbocycles. The molecule has 1 atom stereocenters. The third-order valence-electron chi connectivity index (χ3n) is 3.59. The Morgan fingerprint density at radius 1 is 1.04 bits per heavy atom. The molecule has 6 heteroatoms. The summed E-state index contributed by atoms with van der Waals surface area (Å²) in [5, 5.41) is 0.723. The van der Waals surface area contributed by atoms with E-state index in [1.54, 1.807) is 31.2 Å². The fraction of sp³-hybridized carbons (Fsp3) is 0.105.